The van der Waals surface area contributed by atoms with Gasteiger partial charge in [-0.2, -0.15) is 0 Å². The van der Waals surface area contributed by atoms with Gasteiger partial charge in [-0.1, -0.05) is 72.8 Å². The zero-order valence-corrected chi connectivity index (χ0v) is 21.8. The summed E-state index contributed by atoms with van der Waals surface area (Å²) in [7, 11) is 0. The number of hydrogen-bond acceptors (Lipinski definition) is 7. The number of anilines is 1. The van der Waals surface area contributed by atoms with E-state index in [4.69, 9.17) is 4.74 Å². The van der Waals surface area contributed by atoms with Gasteiger partial charge in [0.05, 0.1) is 17.7 Å². The van der Waals surface area contributed by atoms with Gasteiger partial charge < -0.3 is 4.74 Å². The Morgan fingerprint density at radius 2 is 1.29 bits per heavy atom. The lowest BCUT2D eigenvalue weighted by Crippen LogP contribution is -2.48. The number of Topliss-reactive ketones (excluding diaryl/α,β-unsaturated/α-hetero) is 1. The molecule has 2 N–H and O–H groups in total. The summed E-state index contributed by atoms with van der Waals surface area (Å²) in [5, 5.41) is 0. The smallest absolute Gasteiger partial charge is 0.338 e. The molecule has 0 radical (unpaired) electrons. The Labute approximate surface area is 235 Å². The number of nitrogens with one attached hydrogen (secondary N) is 2. The van der Waals surface area contributed by atoms with Crippen molar-refractivity contribution in [2.75, 3.05) is 11.5 Å². The summed E-state index contributed by atoms with van der Waals surface area (Å²) in [5.41, 5.74) is 8.32. The maximum atomic E-state index is 12.9. The second-order valence-corrected chi connectivity index (χ2v) is 9.28. The summed E-state index contributed by atoms with van der Waals surface area (Å²) in [5.74, 6) is -2.49. The Morgan fingerprint density at radius 3 is 1.95 bits per heavy atom. The Morgan fingerprint density at radius 1 is 0.707 bits per heavy atom. The molecular weight excluding hydrogens is 522 g/mol. The van der Waals surface area contributed by atoms with E-state index in [1.165, 1.54) is 24.3 Å². The van der Waals surface area contributed by atoms with Gasteiger partial charge in [-0.25, -0.2) is 15.1 Å². The molecule has 5 rings (SSSR count). The Balaban J connectivity index is 1.14. The van der Waals surface area contributed by atoms with Crippen molar-refractivity contribution in [3.63, 3.8) is 0 Å². The molecule has 1 aliphatic heterocycles. The van der Waals surface area contributed by atoms with Gasteiger partial charge in [0.25, 0.3) is 11.8 Å². The van der Waals surface area contributed by atoms with E-state index in [-0.39, 0.29) is 23.5 Å². The van der Waals surface area contributed by atoms with Crippen LogP contribution in [0.1, 0.15) is 37.5 Å². The maximum Gasteiger partial charge on any atom is 0.338 e. The van der Waals surface area contributed by atoms with Gasteiger partial charge in [0.1, 0.15) is 6.04 Å². The van der Waals surface area contributed by atoms with Crippen LogP contribution < -0.4 is 15.8 Å². The molecular formula is C32H25N3O6. The second kappa shape index (κ2) is 12.2. The monoisotopic (exact) mass is 547 g/mol. The van der Waals surface area contributed by atoms with E-state index in [1.54, 1.807) is 42.5 Å². The van der Waals surface area contributed by atoms with Crippen LogP contribution in [0.5, 0.6) is 0 Å². The molecule has 204 valence electrons. The standard InChI is InChI=1S/C32H25N3O6/c36-28(23-13-11-22(12-14-23)21-7-3-1-4-8-21)20-41-32(40)25-15-17-26(18-16-25)35-29(37)19-27(31(35)39)33-34-30(38)24-9-5-2-6-10-24/h1-18,27,33H,19-20H2,(H,34,38). The van der Waals surface area contributed by atoms with Crippen LogP contribution in [0.4, 0.5) is 5.69 Å². The molecule has 4 aromatic carbocycles. The summed E-state index contributed by atoms with van der Waals surface area (Å²) >= 11 is 0. The number of ketones is 1. The number of esters is 1. The normalized spacial score (nSPS) is 14.5. The lowest BCUT2D eigenvalue weighted by molar-refractivity contribution is -0.121. The molecule has 3 amide bonds. The van der Waals surface area contributed by atoms with Crippen LogP contribution in [0.15, 0.2) is 109 Å². The first-order valence-electron chi connectivity index (χ1n) is 12.8. The van der Waals surface area contributed by atoms with Gasteiger partial charge in [0.2, 0.25) is 5.91 Å². The highest BCUT2D eigenvalue weighted by Gasteiger charge is 2.39. The van der Waals surface area contributed by atoms with Crippen LogP contribution in [0.25, 0.3) is 11.1 Å². The molecule has 1 heterocycles. The van der Waals surface area contributed by atoms with Crippen molar-refractivity contribution in [1.29, 1.82) is 0 Å². The summed E-state index contributed by atoms with van der Waals surface area (Å²) in [6, 6.07) is 30.0. The summed E-state index contributed by atoms with van der Waals surface area (Å²) < 4.78 is 5.19. The predicted molar refractivity (Wildman–Crippen MR) is 151 cm³/mol. The molecule has 1 unspecified atom stereocenters. The average molecular weight is 548 g/mol. The molecule has 0 aliphatic carbocycles. The summed E-state index contributed by atoms with van der Waals surface area (Å²) in [6.45, 7) is -0.434. The van der Waals surface area contributed by atoms with Crippen molar-refractivity contribution in [3.05, 3.63) is 126 Å². The summed E-state index contributed by atoms with van der Waals surface area (Å²) in [6.07, 6.45) is -0.147. The van der Waals surface area contributed by atoms with Crippen LogP contribution in [0, 0.1) is 0 Å². The Hall–Kier alpha value is -5.41. The molecule has 1 atom stereocenters. The fourth-order valence-corrected chi connectivity index (χ4v) is 4.35. The lowest BCUT2D eigenvalue weighted by atomic mass is 10.0. The van der Waals surface area contributed by atoms with Crippen molar-refractivity contribution in [3.8, 4) is 11.1 Å². The van der Waals surface area contributed by atoms with Gasteiger partial charge in [-0.05, 0) is 47.5 Å². The van der Waals surface area contributed by atoms with Crippen molar-refractivity contribution in [2.24, 2.45) is 0 Å². The molecule has 9 heteroatoms. The number of carbonyl (C=O) groups excluding carboxylic acids is 5. The number of hydrogen-bond donors (Lipinski definition) is 2. The van der Waals surface area contributed by atoms with E-state index < -0.39 is 36.3 Å². The van der Waals surface area contributed by atoms with E-state index >= 15 is 0 Å². The number of benzene rings is 4. The Bertz CT molecular complexity index is 1590. The highest BCUT2D eigenvalue weighted by molar-refractivity contribution is 6.22. The first kappa shape index (κ1) is 27.2. The zero-order valence-electron chi connectivity index (χ0n) is 21.8. The molecule has 9 nitrogen and oxygen atoms in total. The van der Waals surface area contributed by atoms with E-state index in [1.807, 2.05) is 42.5 Å². The number of amides is 3. The van der Waals surface area contributed by atoms with E-state index in [0.29, 0.717) is 11.1 Å². The van der Waals surface area contributed by atoms with Gasteiger partial charge >= 0.3 is 5.97 Å². The van der Waals surface area contributed by atoms with Crippen LogP contribution >= 0.6 is 0 Å². The predicted octanol–water partition coefficient (Wildman–Crippen LogP) is 3.96. The average Bonchev–Trinajstić information content (AvgIpc) is 3.31. The highest BCUT2D eigenvalue weighted by atomic mass is 16.5. The number of imide groups is 1. The molecule has 1 fully saturated rings. The molecule has 4 aromatic rings. The lowest BCUT2D eigenvalue weighted by Gasteiger charge is -2.16. The zero-order chi connectivity index (χ0) is 28.8. The topological polar surface area (TPSA) is 122 Å². The number of hydrazine groups is 1. The van der Waals surface area contributed by atoms with Crippen LogP contribution in [-0.4, -0.2) is 42.1 Å². The van der Waals surface area contributed by atoms with Crippen molar-refractivity contribution in [1.82, 2.24) is 10.9 Å². The summed E-state index contributed by atoms with van der Waals surface area (Å²) in [4.78, 5) is 63.7. The largest absolute Gasteiger partial charge is 0.454 e. The third kappa shape index (κ3) is 6.26. The second-order valence-electron chi connectivity index (χ2n) is 9.28. The van der Waals surface area contributed by atoms with Crippen LogP contribution in [0.3, 0.4) is 0 Å². The molecule has 0 aromatic heterocycles. The quantitative estimate of drug-likeness (QED) is 0.141. The van der Waals surface area contributed by atoms with Crippen molar-refractivity contribution >= 4 is 35.2 Å². The van der Waals surface area contributed by atoms with Crippen molar-refractivity contribution < 1.29 is 28.7 Å². The number of nitrogens with zero attached hydrogens (tertiary/aromatic N) is 1. The third-order valence-electron chi connectivity index (χ3n) is 6.55. The van der Waals surface area contributed by atoms with Crippen LogP contribution in [-0.2, 0) is 14.3 Å². The Kier molecular flexibility index (Phi) is 8.08. The van der Waals surface area contributed by atoms with Gasteiger partial charge in [-0.3, -0.25) is 24.6 Å². The van der Waals surface area contributed by atoms with E-state index in [2.05, 4.69) is 10.9 Å². The molecule has 1 saturated heterocycles. The molecule has 41 heavy (non-hydrogen) atoms. The highest BCUT2D eigenvalue weighted by Crippen LogP contribution is 2.24. The number of rotatable bonds is 9. The van der Waals surface area contributed by atoms with Gasteiger partial charge in [-0.15, -0.1) is 0 Å². The molecule has 1 aliphatic rings. The minimum Gasteiger partial charge on any atom is -0.454 e. The molecule has 0 spiro atoms. The number of carbonyl (C=O) groups is 5. The van der Waals surface area contributed by atoms with Crippen molar-refractivity contribution in [2.45, 2.75) is 12.5 Å². The fourth-order valence-electron chi connectivity index (χ4n) is 4.35. The van der Waals surface area contributed by atoms with Gasteiger partial charge in [0, 0.05) is 11.1 Å². The van der Waals surface area contributed by atoms with Crippen LogP contribution in [0.2, 0.25) is 0 Å². The molecule has 0 bridgehead atoms. The SMILES string of the molecule is O=C(COC(=O)c1ccc(N2C(=O)CC(NNC(=O)c3ccccc3)C2=O)cc1)c1ccc(-c2ccccc2)cc1. The molecule has 0 saturated carbocycles. The van der Waals surface area contributed by atoms with Gasteiger partial charge in [0.15, 0.2) is 12.4 Å². The fraction of sp³-hybridized carbons (Fsp3) is 0.0938. The minimum atomic E-state index is -0.937. The maximum absolute atomic E-state index is 12.9. The minimum absolute atomic E-state index is 0.147. The first-order chi connectivity index (χ1) is 19.9. The van der Waals surface area contributed by atoms with E-state index in [9.17, 15) is 24.0 Å². The van der Waals surface area contributed by atoms with E-state index in [0.717, 1.165) is 16.0 Å². The number of ether oxygens (including phenoxy) is 1. The first-order valence-corrected chi connectivity index (χ1v) is 12.8. The third-order valence-corrected chi connectivity index (χ3v) is 6.55.